The minimum atomic E-state index is -0.361. The Balaban J connectivity index is 1.84. The van der Waals surface area contributed by atoms with Crippen molar-refractivity contribution in [3.63, 3.8) is 0 Å². The van der Waals surface area contributed by atoms with E-state index in [0.717, 1.165) is 11.3 Å². The molecule has 126 valence electrons. The first-order valence-corrected chi connectivity index (χ1v) is 7.53. The topological polar surface area (TPSA) is 69.2 Å². The quantitative estimate of drug-likeness (QED) is 0.597. The number of rotatable bonds is 8. The van der Waals surface area contributed by atoms with E-state index >= 15 is 0 Å². The van der Waals surface area contributed by atoms with Gasteiger partial charge >= 0.3 is 0 Å². The molecule has 0 atom stereocenters. The number of hydrogen-bond donors (Lipinski definition) is 1. The van der Waals surface area contributed by atoms with E-state index in [0.29, 0.717) is 18.1 Å². The van der Waals surface area contributed by atoms with E-state index < -0.39 is 0 Å². The number of hydrazone groups is 1. The minimum absolute atomic E-state index is 0.153. The van der Waals surface area contributed by atoms with E-state index in [9.17, 15) is 4.79 Å². The van der Waals surface area contributed by atoms with Crippen molar-refractivity contribution in [1.82, 2.24) is 5.43 Å². The molecular formula is C18H20N2O4. The van der Waals surface area contributed by atoms with Gasteiger partial charge in [-0.3, -0.25) is 4.79 Å². The van der Waals surface area contributed by atoms with Gasteiger partial charge in [-0.2, -0.15) is 5.10 Å². The average molecular weight is 328 g/mol. The zero-order valence-corrected chi connectivity index (χ0v) is 13.7. The van der Waals surface area contributed by atoms with Crippen molar-refractivity contribution < 1.29 is 19.0 Å². The van der Waals surface area contributed by atoms with Crippen LogP contribution >= 0.6 is 0 Å². The first-order chi connectivity index (χ1) is 11.7. The molecule has 0 unspecified atom stereocenters. The summed E-state index contributed by atoms with van der Waals surface area (Å²) >= 11 is 0. The van der Waals surface area contributed by atoms with Crippen LogP contribution in [-0.4, -0.2) is 32.4 Å². The fraction of sp³-hybridized carbons (Fsp3) is 0.222. The van der Waals surface area contributed by atoms with Gasteiger partial charge < -0.3 is 14.2 Å². The van der Waals surface area contributed by atoms with Gasteiger partial charge in [-0.25, -0.2) is 5.43 Å². The van der Waals surface area contributed by atoms with Crippen molar-refractivity contribution in [2.75, 3.05) is 20.3 Å². The number of nitrogens with zero attached hydrogens (tertiary/aromatic N) is 1. The van der Waals surface area contributed by atoms with Crippen LogP contribution in [0.4, 0.5) is 0 Å². The fourth-order valence-electron chi connectivity index (χ4n) is 1.92. The van der Waals surface area contributed by atoms with Crippen LogP contribution in [0.5, 0.6) is 17.2 Å². The molecule has 0 radical (unpaired) electrons. The van der Waals surface area contributed by atoms with Crippen molar-refractivity contribution >= 4 is 12.1 Å². The largest absolute Gasteiger partial charge is 0.497 e. The second-order valence-corrected chi connectivity index (χ2v) is 4.74. The molecule has 0 saturated carbocycles. The third-order valence-electron chi connectivity index (χ3n) is 3.00. The summed E-state index contributed by atoms with van der Waals surface area (Å²) in [5.74, 6) is 1.49. The van der Waals surface area contributed by atoms with Crippen molar-refractivity contribution in [1.29, 1.82) is 0 Å². The van der Waals surface area contributed by atoms with Crippen LogP contribution in [0.1, 0.15) is 12.5 Å². The van der Waals surface area contributed by atoms with Gasteiger partial charge in [0, 0.05) is 0 Å². The number of para-hydroxylation sites is 2. The summed E-state index contributed by atoms with van der Waals surface area (Å²) in [5, 5.41) is 3.90. The predicted molar refractivity (Wildman–Crippen MR) is 91.8 cm³/mol. The molecule has 1 amide bonds. The Kier molecular flexibility index (Phi) is 6.64. The second-order valence-electron chi connectivity index (χ2n) is 4.74. The Labute approximate surface area is 141 Å². The number of methoxy groups -OCH3 is 1. The monoisotopic (exact) mass is 328 g/mol. The lowest BCUT2D eigenvalue weighted by molar-refractivity contribution is -0.123. The van der Waals surface area contributed by atoms with Crippen LogP contribution < -0.4 is 19.6 Å². The third-order valence-corrected chi connectivity index (χ3v) is 3.00. The van der Waals surface area contributed by atoms with E-state index in [1.807, 2.05) is 43.3 Å². The Morgan fingerprint density at radius 3 is 2.58 bits per heavy atom. The first kappa shape index (κ1) is 17.3. The molecule has 0 aliphatic rings. The highest BCUT2D eigenvalue weighted by Gasteiger charge is 2.06. The summed E-state index contributed by atoms with van der Waals surface area (Å²) in [6.07, 6.45) is 1.54. The molecule has 0 aliphatic carbocycles. The molecule has 2 aromatic carbocycles. The van der Waals surface area contributed by atoms with Gasteiger partial charge in [0.05, 0.1) is 19.9 Å². The number of carbonyl (C=O) groups is 1. The number of hydrogen-bond acceptors (Lipinski definition) is 5. The molecule has 0 saturated heterocycles. The van der Waals surface area contributed by atoms with E-state index in [1.165, 1.54) is 6.21 Å². The molecule has 2 rings (SSSR count). The number of amides is 1. The van der Waals surface area contributed by atoms with Crippen LogP contribution in [0.25, 0.3) is 0 Å². The van der Waals surface area contributed by atoms with Crippen LogP contribution in [0.2, 0.25) is 0 Å². The van der Waals surface area contributed by atoms with Crippen molar-refractivity contribution in [2.24, 2.45) is 5.10 Å². The van der Waals surface area contributed by atoms with E-state index in [1.54, 1.807) is 19.2 Å². The summed E-state index contributed by atoms with van der Waals surface area (Å²) in [6.45, 7) is 2.26. The third kappa shape index (κ3) is 5.31. The average Bonchev–Trinajstić information content (AvgIpc) is 2.61. The number of benzene rings is 2. The molecule has 2 aromatic rings. The molecule has 6 heteroatoms. The van der Waals surface area contributed by atoms with Crippen molar-refractivity contribution in [2.45, 2.75) is 6.92 Å². The maximum absolute atomic E-state index is 11.8. The van der Waals surface area contributed by atoms with Crippen molar-refractivity contribution in [3.05, 3.63) is 54.1 Å². The number of carbonyl (C=O) groups excluding carboxylic acids is 1. The van der Waals surface area contributed by atoms with Gasteiger partial charge in [0.15, 0.2) is 18.1 Å². The van der Waals surface area contributed by atoms with Crippen LogP contribution in [0, 0.1) is 0 Å². The van der Waals surface area contributed by atoms with E-state index in [2.05, 4.69) is 10.5 Å². The molecule has 6 nitrogen and oxygen atoms in total. The molecular weight excluding hydrogens is 308 g/mol. The number of nitrogens with one attached hydrogen (secondary N) is 1. The van der Waals surface area contributed by atoms with Gasteiger partial charge in [-0.05, 0) is 36.8 Å². The molecule has 0 fully saturated rings. The summed E-state index contributed by atoms with van der Waals surface area (Å²) in [6, 6.07) is 14.5. The molecule has 0 heterocycles. The lowest BCUT2D eigenvalue weighted by atomic mass is 10.2. The Bertz CT molecular complexity index is 701. The maximum atomic E-state index is 11.8. The summed E-state index contributed by atoms with van der Waals surface area (Å²) in [7, 11) is 1.59. The normalized spacial score (nSPS) is 10.4. The molecule has 24 heavy (non-hydrogen) atoms. The molecule has 0 aromatic heterocycles. The highest BCUT2D eigenvalue weighted by atomic mass is 16.5. The standard InChI is InChI=1S/C18H20N2O4/c1-3-23-16-9-4-5-10-17(16)24-13-18(21)20-19-12-14-7-6-8-15(11-14)22-2/h4-12H,3,13H2,1-2H3,(H,20,21)/b19-12-. The van der Waals surface area contributed by atoms with E-state index in [-0.39, 0.29) is 12.5 Å². The lowest BCUT2D eigenvalue weighted by Gasteiger charge is -2.10. The van der Waals surface area contributed by atoms with Gasteiger partial charge in [-0.15, -0.1) is 0 Å². The molecule has 0 spiro atoms. The Hall–Kier alpha value is -3.02. The van der Waals surface area contributed by atoms with Gasteiger partial charge in [0.2, 0.25) is 0 Å². The minimum Gasteiger partial charge on any atom is -0.497 e. The molecule has 1 N–H and O–H groups in total. The second kappa shape index (κ2) is 9.19. The van der Waals surface area contributed by atoms with Crippen LogP contribution in [0.3, 0.4) is 0 Å². The Morgan fingerprint density at radius 2 is 1.88 bits per heavy atom. The number of ether oxygens (including phenoxy) is 3. The maximum Gasteiger partial charge on any atom is 0.277 e. The zero-order chi connectivity index (χ0) is 17.2. The van der Waals surface area contributed by atoms with Crippen LogP contribution in [0.15, 0.2) is 53.6 Å². The van der Waals surface area contributed by atoms with Gasteiger partial charge in [-0.1, -0.05) is 24.3 Å². The Morgan fingerprint density at radius 1 is 1.12 bits per heavy atom. The zero-order valence-electron chi connectivity index (χ0n) is 13.7. The van der Waals surface area contributed by atoms with Crippen molar-refractivity contribution in [3.8, 4) is 17.2 Å². The smallest absolute Gasteiger partial charge is 0.277 e. The highest BCUT2D eigenvalue weighted by molar-refractivity contribution is 5.83. The summed E-state index contributed by atoms with van der Waals surface area (Å²) in [5.41, 5.74) is 3.23. The van der Waals surface area contributed by atoms with Gasteiger partial charge in [0.25, 0.3) is 5.91 Å². The van der Waals surface area contributed by atoms with E-state index in [4.69, 9.17) is 14.2 Å². The fourth-order valence-corrected chi connectivity index (χ4v) is 1.92. The lowest BCUT2D eigenvalue weighted by Crippen LogP contribution is -2.24. The van der Waals surface area contributed by atoms with Gasteiger partial charge in [0.1, 0.15) is 5.75 Å². The van der Waals surface area contributed by atoms with Crippen LogP contribution in [-0.2, 0) is 4.79 Å². The predicted octanol–water partition coefficient (Wildman–Crippen LogP) is 2.62. The highest BCUT2D eigenvalue weighted by Crippen LogP contribution is 2.26. The first-order valence-electron chi connectivity index (χ1n) is 7.53. The molecule has 0 aliphatic heterocycles. The molecule has 0 bridgehead atoms. The summed E-state index contributed by atoms with van der Waals surface area (Å²) < 4.78 is 16.0. The SMILES string of the molecule is CCOc1ccccc1OCC(=O)N/N=C\c1cccc(OC)c1. The summed E-state index contributed by atoms with van der Waals surface area (Å²) in [4.78, 5) is 11.8.